The van der Waals surface area contributed by atoms with E-state index in [1.54, 1.807) is 13.8 Å². The van der Waals surface area contributed by atoms with E-state index in [9.17, 15) is 4.79 Å². The second kappa shape index (κ2) is 2.74. The Morgan fingerprint density at radius 1 is 1.64 bits per heavy atom. The van der Waals surface area contributed by atoms with E-state index in [4.69, 9.17) is 9.63 Å². The van der Waals surface area contributed by atoms with Gasteiger partial charge >= 0.3 is 5.97 Å². The number of carboxylic acids is 1. The number of rotatable bonds is 2. The molecule has 1 N–H and O–H groups in total. The molecule has 0 aliphatic heterocycles. The zero-order chi connectivity index (χ0) is 8.43. The van der Waals surface area contributed by atoms with E-state index in [1.807, 2.05) is 0 Å². The Labute approximate surface area is 63.8 Å². The minimum absolute atomic E-state index is 0.0906. The summed E-state index contributed by atoms with van der Waals surface area (Å²) in [4.78, 5) is 10.2. The normalized spacial score (nSPS) is 10.0. The average Bonchev–Trinajstić information content (AvgIpc) is 2.18. The first-order chi connectivity index (χ1) is 5.11. The quantitative estimate of drug-likeness (QED) is 0.689. The summed E-state index contributed by atoms with van der Waals surface area (Å²) >= 11 is 0. The molecule has 0 amide bonds. The second-order valence-electron chi connectivity index (χ2n) is 2.39. The molecule has 4 heteroatoms. The van der Waals surface area contributed by atoms with Crippen molar-refractivity contribution in [3.05, 3.63) is 17.0 Å². The summed E-state index contributed by atoms with van der Waals surface area (Å²) in [5.41, 5.74) is 1.58. The Hall–Kier alpha value is -1.32. The van der Waals surface area contributed by atoms with Gasteiger partial charge in [0.1, 0.15) is 6.42 Å². The van der Waals surface area contributed by atoms with Crippen LogP contribution in [0.2, 0.25) is 0 Å². The SMILES string of the molecule is Cc1noc(CC(=O)O)c1C. The Kier molecular flexibility index (Phi) is 1.94. The van der Waals surface area contributed by atoms with Crippen molar-refractivity contribution in [2.45, 2.75) is 20.3 Å². The van der Waals surface area contributed by atoms with Crippen LogP contribution in [0, 0.1) is 13.8 Å². The predicted octanol–water partition coefficient (Wildman–Crippen LogP) is 0.919. The van der Waals surface area contributed by atoms with Gasteiger partial charge in [-0.25, -0.2) is 0 Å². The molecule has 1 heterocycles. The van der Waals surface area contributed by atoms with Gasteiger partial charge in [0.15, 0.2) is 5.76 Å². The van der Waals surface area contributed by atoms with Crippen LogP contribution in [0.15, 0.2) is 4.52 Å². The lowest BCUT2D eigenvalue weighted by molar-refractivity contribution is -0.136. The van der Waals surface area contributed by atoms with E-state index in [0.29, 0.717) is 5.76 Å². The van der Waals surface area contributed by atoms with Gasteiger partial charge in [-0.3, -0.25) is 4.79 Å². The highest BCUT2D eigenvalue weighted by atomic mass is 16.5. The third-order valence-corrected chi connectivity index (χ3v) is 1.57. The van der Waals surface area contributed by atoms with Crippen LogP contribution in [0.1, 0.15) is 17.0 Å². The molecular formula is C7H9NO3. The van der Waals surface area contributed by atoms with Gasteiger partial charge in [-0.1, -0.05) is 5.16 Å². The van der Waals surface area contributed by atoms with Gasteiger partial charge in [-0.15, -0.1) is 0 Å². The molecule has 0 aromatic carbocycles. The van der Waals surface area contributed by atoms with E-state index in [-0.39, 0.29) is 6.42 Å². The van der Waals surface area contributed by atoms with Crippen molar-refractivity contribution in [2.24, 2.45) is 0 Å². The largest absolute Gasteiger partial charge is 0.481 e. The fourth-order valence-electron chi connectivity index (χ4n) is 0.764. The Balaban J connectivity index is 2.87. The van der Waals surface area contributed by atoms with E-state index < -0.39 is 5.97 Å². The highest BCUT2D eigenvalue weighted by molar-refractivity contribution is 5.69. The Morgan fingerprint density at radius 2 is 2.27 bits per heavy atom. The smallest absolute Gasteiger partial charge is 0.311 e. The molecule has 0 aliphatic carbocycles. The van der Waals surface area contributed by atoms with Crippen LogP contribution >= 0.6 is 0 Å². The van der Waals surface area contributed by atoms with Gasteiger partial charge in [0.05, 0.1) is 5.69 Å². The molecule has 11 heavy (non-hydrogen) atoms. The number of hydrogen-bond acceptors (Lipinski definition) is 3. The molecule has 0 bridgehead atoms. The summed E-state index contributed by atoms with van der Waals surface area (Å²) in [5.74, 6) is -0.459. The monoisotopic (exact) mass is 155 g/mol. The van der Waals surface area contributed by atoms with Crippen LogP contribution < -0.4 is 0 Å². The Bertz CT molecular complexity index is 277. The number of hydrogen-bond donors (Lipinski definition) is 1. The first-order valence-corrected chi connectivity index (χ1v) is 3.25. The minimum atomic E-state index is -0.899. The number of aryl methyl sites for hydroxylation is 1. The van der Waals surface area contributed by atoms with Crippen molar-refractivity contribution in [1.29, 1.82) is 0 Å². The topological polar surface area (TPSA) is 63.3 Å². The number of aromatic nitrogens is 1. The molecular weight excluding hydrogens is 146 g/mol. The molecule has 60 valence electrons. The molecule has 1 aromatic rings. The summed E-state index contributed by atoms with van der Waals surface area (Å²) in [6, 6.07) is 0. The maximum absolute atomic E-state index is 10.2. The average molecular weight is 155 g/mol. The summed E-state index contributed by atoms with van der Waals surface area (Å²) < 4.78 is 4.78. The third kappa shape index (κ3) is 1.58. The van der Waals surface area contributed by atoms with Gasteiger partial charge in [-0.2, -0.15) is 0 Å². The van der Waals surface area contributed by atoms with Crippen molar-refractivity contribution in [3.8, 4) is 0 Å². The minimum Gasteiger partial charge on any atom is -0.481 e. The lowest BCUT2D eigenvalue weighted by atomic mass is 10.2. The summed E-state index contributed by atoms with van der Waals surface area (Å²) in [6.45, 7) is 3.58. The van der Waals surface area contributed by atoms with Crippen LogP contribution in [0.25, 0.3) is 0 Å². The highest BCUT2D eigenvalue weighted by Gasteiger charge is 2.10. The highest BCUT2D eigenvalue weighted by Crippen LogP contribution is 2.11. The van der Waals surface area contributed by atoms with Gasteiger partial charge in [0.2, 0.25) is 0 Å². The molecule has 0 atom stereocenters. The lowest BCUT2D eigenvalue weighted by Crippen LogP contribution is -1.99. The standard InChI is InChI=1S/C7H9NO3/c1-4-5(2)8-11-6(4)3-7(9)10/h3H2,1-2H3,(H,9,10). The molecule has 0 saturated heterocycles. The Morgan fingerprint density at radius 3 is 2.64 bits per heavy atom. The van der Waals surface area contributed by atoms with Crippen LogP contribution in [-0.2, 0) is 11.2 Å². The molecule has 0 aliphatic rings. The van der Waals surface area contributed by atoms with Crippen molar-refractivity contribution in [3.63, 3.8) is 0 Å². The third-order valence-electron chi connectivity index (χ3n) is 1.57. The molecule has 0 spiro atoms. The van der Waals surface area contributed by atoms with Crippen molar-refractivity contribution < 1.29 is 14.4 Å². The van der Waals surface area contributed by atoms with Crippen molar-refractivity contribution in [2.75, 3.05) is 0 Å². The maximum Gasteiger partial charge on any atom is 0.311 e. The molecule has 0 saturated carbocycles. The van der Waals surface area contributed by atoms with Gasteiger partial charge in [-0.05, 0) is 13.8 Å². The van der Waals surface area contributed by atoms with Gasteiger partial charge < -0.3 is 9.63 Å². The summed E-state index contributed by atoms with van der Waals surface area (Å²) in [5, 5.41) is 12.0. The number of carbonyl (C=O) groups is 1. The van der Waals surface area contributed by atoms with Crippen LogP contribution in [0.3, 0.4) is 0 Å². The first-order valence-electron chi connectivity index (χ1n) is 3.25. The predicted molar refractivity (Wildman–Crippen MR) is 37.3 cm³/mol. The van der Waals surface area contributed by atoms with Crippen molar-refractivity contribution >= 4 is 5.97 Å². The molecule has 0 fully saturated rings. The van der Waals surface area contributed by atoms with E-state index in [1.165, 1.54) is 0 Å². The molecule has 0 radical (unpaired) electrons. The van der Waals surface area contributed by atoms with E-state index in [0.717, 1.165) is 11.3 Å². The number of carboxylic acid groups (broad SMARTS) is 1. The zero-order valence-corrected chi connectivity index (χ0v) is 6.42. The lowest BCUT2D eigenvalue weighted by Gasteiger charge is -1.89. The zero-order valence-electron chi connectivity index (χ0n) is 6.42. The summed E-state index contributed by atoms with van der Waals surface area (Å²) in [7, 11) is 0. The van der Waals surface area contributed by atoms with Gasteiger partial charge in [0.25, 0.3) is 0 Å². The molecule has 1 rings (SSSR count). The van der Waals surface area contributed by atoms with Crippen molar-refractivity contribution in [1.82, 2.24) is 5.16 Å². The van der Waals surface area contributed by atoms with Crippen LogP contribution in [-0.4, -0.2) is 16.2 Å². The van der Waals surface area contributed by atoms with Gasteiger partial charge in [0, 0.05) is 5.56 Å². The van der Waals surface area contributed by atoms with Crippen LogP contribution in [0.5, 0.6) is 0 Å². The molecule has 4 nitrogen and oxygen atoms in total. The summed E-state index contributed by atoms with van der Waals surface area (Å²) in [6.07, 6.45) is -0.0906. The molecule has 0 unspecified atom stereocenters. The maximum atomic E-state index is 10.2. The second-order valence-corrected chi connectivity index (χ2v) is 2.39. The van der Waals surface area contributed by atoms with E-state index >= 15 is 0 Å². The van der Waals surface area contributed by atoms with Crippen LogP contribution in [0.4, 0.5) is 0 Å². The number of nitrogens with zero attached hydrogens (tertiary/aromatic N) is 1. The first kappa shape index (κ1) is 7.78. The number of aliphatic carboxylic acids is 1. The fourth-order valence-corrected chi connectivity index (χ4v) is 0.764. The fraction of sp³-hybridized carbons (Fsp3) is 0.429. The van der Waals surface area contributed by atoms with E-state index in [2.05, 4.69) is 5.16 Å². The molecule has 1 aromatic heterocycles.